The third kappa shape index (κ3) is 2.11. The zero-order valence-electron chi connectivity index (χ0n) is 13.5. The summed E-state index contributed by atoms with van der Waals surface area (Å²) < 4.78 is 1.74. The Morgan fingerprint density at radius 1 is 1.21 bits per heavy atom. The molecule has 0 atom stereocenters. The minimum atomic E-state index is -0.337. The molecule has 0 unspecified atom stereocenters. The number of fused-ring (bicyclic) bond motifs is 2. The Bertz CT molecular complexity index is 896. The first-order valence-corrected chi connectivity index (χ1v) is 8.15. The van der Waals surface area contributed by atoms with Crippen LogP contribution in [-0.4, -0.2) is 20.3 Å². The highest BCUT2D eigenvalue weighted by Gasteiger charge is 2.46. The maximum Gasteiger partial charge on any atom is 0.275 e. The molecule has 1 aliphatic carbocycles. The van der Waals surface area contributed by atoms with Crippen LogP contribution in [-0.2, 0) is 5.54 Å². The van der Waals surface area contributed by atoms with E-state index < -0.39 is 0 Å². The molecule has 2 aromatic rings. The molecule has 1 saturated carbocycles. The van der Waals surface area contributed by atoms with E-state index in [0.29, 0.717) is 29.4 Å². The standard InChI is InChI=1S/C17H19N5O2/c1-10-6-11(21-14-7-13(18)19-9-20-14)16(24)22-15(10)12(23)8-17(22)4-2-3-5-17/h6-7,9H,2-5,8H2,1H3,(H3,18,19,20,21). The molecule has 124 valence electrons. The highest BCUT2D eigenvalue weighted by molar-refractivity contribution is 5.99. The van der Waals surface area contributed by atoms with Crippen molar-refractivity contribution in [2.24, 2.45) is 0 Å². The van der Waals surface area contributed by atoms with E-state index in [2.05, 4.69) is 15.3 Å². The number of nitrogens with zero attached hydrogens (tertiary/aromatic N) is 3. The number of carbonyl (C=O) groups excluding carboxylic acids is 1. The van der Waals surface area contributed by atoms with Gasteiger partial charge < -0.3 is 11.1 Å². The van der Waals surface area contributed by atoms with E-state index in [1.54, 1.807) is 16.7 Å². The van der Waals surface area contributed by atoms with E-state index in [-0.39, 0.29) is 16.9 Å². The van der Waals surface area contributed by atoms with E-state index >= 15 is 0 Å². The lowest BCUT2D eigenvalue weighted by molar-refractivity contribution is 0.0970. The summed E-state index contributed by atoms with van der Waals surface area (Å²) >= 11 is 0. The average Bonchev–Trinajstić information content (AvgIpc) is 3.10. The van der Waals surface area contributed by atoms with E-state index in [9.17, 15) is 9.59 Å². The average molecular weight is 325 g/mol. The summed E-state index contributed by atoms with van der Waals surface area (Å²) in [6.45, 7) is 1.87. The van der Waals surface area contributed by atoms with Gasteiger partial charge in [0.2, 0.25) is 0 Å². The van der Waals surface area contributed by atoms with Crippen LogP contribution < -0.4 is 16.6 Å². The van der Waals surface area contributed by atoms with Gasteiger partial charge in [0.05, 0.1) is 11.2 Å². The van der Waals surface area contributed by atoms with Crippen LogP contribution in [0.4, 0.5) is 17.3 Å². The van der Waals surface area contributed by atoms with Crippen molar-refractivity contribution in [2.75, 3.05) is 11.1 Å². The first-order chi connectivity index (χ1) is 11.5. The summed E-state index contributed by atoms with van der Waals surface area (Å²) in [6, 6.07) is 3.29. The van der Waals surface area contributed by atoms with E-state index in [4.69, 9.17) is 5.73 Å². The summed E-state index contributed by atoms with van der Waals surface area (Å²) in [4.78, 5) is 33.5. The van der Waals surface area contributed by atoms with Crippen LogP contribution in [0.15, 0.2) is 23.3 Å². The van der Waals surface area contributed by atoms with Gasteiger partial charge in [0, 0.05) is 12.5 Å². The van der Waals surface area contributed by atoms with Crippen molar-refractivity contribution in [1.29, 1.82) is 0 Å². The molecule has 24 heavy (non-hydrogen) atoms. The molecule has 0 amide bonds. The number of aryl methyl sites for hydroxylation is 1. The molecular weight excluding hydrogens is 306 g/mol. The maximum atomic E-state index is 13.1. The lowest BCUT2D eigenvalue weighted by atomic mass is 9.94. The van der Waals surface area contributed by atoms with Gasteiger partial charge in [-0.3, -0.25) is 14.2 Å². The second-order valence-electron chi connectivity index (χ2n) is 6.71. The number of nitrogens with two attached hydrogens (primary N) is 1. The predicted octanol–water partition coefficient (Wildman–Crippen LogP) is 2.13. The Hall–Kier alpha value is -2.70. The molecule has 3 heterocycles. The predicted molar refractivity (Wildman–Crippen MR) is 90.6 cm³/mol. The first kappa shape index (κ1) is 14.9. The number of nitrogen functional groups attached to an aromatic ring is 1. The van der Waals surface area contributed by atoms with Gasteiger partial charge in [0.15, 0.2) is 5.78 Å². The van der Waals surface area contributed by atoms with Crippen molar-refractivity contribution >= 4 is 23.1 Å². The highest BCUT2D eigenvalue weighted by Crippen LogP contribution is 2.45. The molecular formula is C17H19N5O2. The molecule has 0 saturated heterocycles. The summed E-state index contributed by atoms with van der Waals surface area (Å²) in [5, 5.41) is 3.03. The Labute approximate surface area is 138 Å². The fourth-order valence-corrected chi connectivity index (χ4v) is 4.11. The Kier molecular flexibility index (Phi) is 3.19. The second-order valence-corrected chi connectivity index (χ2v) is 6.71. The summed E-state index contributed by atoms with van der Waals surface area (Å²) in [5.74, 6) is 0.863. The Morgan fingerprint density at radius 3 is 2.67 bits per heavy atom. The third-order valence-corrected chi connectivity index (χ3v) is 5.10. The molecule has 7 nitrogen and oxygen atoms in total. The number of hydrogen-bond acceptors (Lipinski definition) is 6. The molecule has 1 spiro atoms. The quantitative estimate of drug-likeness (QED) is 0.877. The third-order valence-electron chi connectivity index (χ3n) is 5.10. The molecule has 1 aliphatic heterocycles. The molecule has 4 rings (SSSR count). The molecule has 7 heteroatoms. The summed E-state index contributed by atoms with van der Waals surface area (Å²) in [7, 11) is 0. The number of Topliss-reactive ketones (excluding diaryl/α,β-unsaturated/α-hetero) is 1. The van der Waals surface area contributed by atoms with E-state index in [1.165, 1.54) is 6.33 Å². The largest absolute Gasteiger partial charge is 0.384 e. The van der Waals surface area contributed by atoms with Crippen molar-refractivity contribution in [1.82, 2.24) is 14.5 Å². The molecule has 0 radical (unpaired) electrons. The number of anilines is 3. The topological polar surface area (TPSA) is 103 Å². The van der Waals surface area contributed by atoms with Crippen molar-refractivity contribution in [3.8, 4) is 0 Å². The van der Waals surface area contributed by atoms with Crippen LogP contribution in [0.2, 0.25) is 0 Å². The first-order valence-electron chi connectivity index (χ1n) is 8.15. The van der Waals surface area contributed by atoms with Crippen molar-refractivity contribution < 1.29 is 4.79 Å². The normalized spacial score (nSPS) is 18.1. The molecule has 0 bridgehead atoms. The smallest absolute Gasteiger partial charge is 0.275 e. The van der Waals surface area contributed by atoms with E-state index in [0.717, 1.165) is 31.2 Å². The lowest BCUT2D eigenvalue weighted by Gasteiger charge is -2.26. The molecule has 2 aromatic heterocycles. The minimum Gasteiger partial charge on any atom is -0.384 e. The van der Waals surface area contributed by atoms with Crippen molar-refractivity contribution in [3.63, 3.8) is 0 Å². The molecule has 3 N–H and O–H groups in total. The molecule has 1 fully saturated rings. The summed E-state index contributed by atoms with van der Waals surface area (Å²) in [6.07, 6.45) is 5.66. The van der Waals surface area contributed by atoms with Crippen LogP contribution in [0.5, 0.6) is 0 Å². The van der Waals surface area contributed by atoms with Gasteiger partial charge >= 0.3 is 0 Å². The Balaban J connectivity index is 1.85. The van der Waals surface area contributed by atoms with Gasteiger partial charge in [-0.15, -0.1) is 0 Å². The van der Waals surface area contributed by atoms with Gasteiger partial charge in [-0.25, -0.2) is 9.97 Å². The highest BCUT2D eigenvalue weighted by atomic mass is 16.1. The fraction of sp³-hybridized carbons (Fsp3) is 0.412. The monoisotopic (exact) mass is 325 g/mol. The second kappa shape index (κ2) is 5.15. The van der Waals surface area contributed by atoms with Crippen LogP contribution in [0.25, 0.3) is 0 Å². The van der Waals surface area contributed by atoms with Gasteiger partial charge in [-0.2, -0.15) is 0 Å². The van der Waals surface area contributed by atoms with E-state index in [1.807, 2.05) is 6.92 Å². The number of nitrogens with one attached hydrogen (secondary N) is 1. The number of hydrogen-bond donors (Lipinski definition) is 2. The van der Waals surface area contributed by atoms with Gasteiger partial charge in [-0.05, 0) is 31.4 Å². The Morgan fingerprint density at radius 2 is 1.96 bits per heavy atom. The zero-order chi connectivity index (χ0) is 16.9. The summed E-state index contributed by atoms with van der Waals surface area (Å²) in [5.41, 5.74) is 6.95. The maximum absolute atomic E-state index is 13.1. The number of pyridine rings is 1. The van der Waals surface area contributed by atoms with Crippen LogP contribution >= 0.6 is 0 Å². The van der Waals surface area contributed by atoms with Crippen molar-refractivity contribution in [2.45, 2.75) is 44.6 Å². The van der Waals surface area contributed by atoms with Crippen LogP contribution in [0.1, 0.15) is 48.2 Å². The number of rotatable bonds is 2. The lowest BCUT2D eigenvalue weighted by Crippen LogP contribution is -2.37. The molecule has 0 aromatic carbocycles. The van der Waals surface area contributed by atoms with Gasteiger partial charge in [0.1, 0.15) is 23.7 Å². The van der Waals surface area contributed by atoms with Crippen molar-refractivity contribution in [3.05, 3.63) is 40.1 Å². The number of ketones is 1. The fourth-order valence-electron chi connectivity index (χ4n) is 4.11. The molecule has 2 aliphatic rings. The zero-order valence-corrected chi connectivity index (χ0v) is 13.5. The van der Waals surface area contributed by atoms with Crippen LogP contribution in [0, 0.1) is 6.92 Å². The SMILES string of the molecule is Cc1cc(Nc2cc(N)ncn2)c(=O)n2c1C(=O)CC21CCCC1. The van der Waals surface area contributed by atoms with Gasteiger partial charge in [-0.1, -0.05) is 12.8 Å². The number of carbonyl (C=O) groups is 1. The minimum absolute atomic E-state index is 0.0735. The van der Waals surface area contributed by atoms with Gasteiger partial charge in [0.25, 0.3) is 5.56 Å². The van der Waals surface area contributed by atoms with Crippen LogP contribution in [0.3, 0.4) is 0 Å². The number of aromatic nitrogens is 3.